The largest absolute Gasteiger partial charge is 0.497 e. The predicted molar refractivity (Wildman–Crippen MR) is 146 cm³/mol. The van der Waals surface area contributed by atoms with Gasteiger partial charge in [-0.3, -0.25) is 4.98 Å². The van der Waals surface area contributed by atoms with E-state index in [2.05, 4.69) is 24.4 Å². The summed E-state index contributed by atoms with van der Waals surface area (Å²) in [4.78, 5) is 8.46. The number of ether oxygens (including phenoxy) is 2. The fourth-order valence-electron chi connectivity index (χ4n) is 3.80. The van der Waals surface area contributed by atoms with Crippen LogP contribution in [0.3, 0.4) is 0 Å². The zero-order valence-corrected chi connectivity index (χ0v) is 22.3. The highest BCUT2D eigenvalue weighted by atomic mass is 32.2. The molecule has 0 amide bonds. The van der Waals surface area contributed by atoms with Crippen molar-refractivity contribution in [2.45, 2.75) is 30.9 Å². The van der Waals surface area contributed by atoms with E-state index in [0.29, 0.717) is 27.2 Å². The van der Waals surface area contributed by atoms with Crippen molar-refractivity contribution in [3.05, 3.63) is 78.4 Å². The molecule has 0 aliphatic heterocycles. The summed E-state index contributed by atoms with van der Waals surface area (Å²) in [6.07, 6.45) is 0.864. The van der Waals surface area contributed by atoms with Crippen LogP contribution in [0.1, 0.15) is 25.5 Å². The van der Waals surface area contributed by atoms with Gasteiger partial charge in [0, 0.05) is 35.6 Å². The molecule has 0 fully saturated rings. The number of rotatable bonds is 10. The lowest BCUT2D eigenvalue weighted by Crippen LogP contribution is -2.31. The fraction of sp³-hybridized carbons (Fsp3) is 0.259. The van der Waals surface area contributed by atoms with Crippen molar-refractivity contribution in [1.82, 2.24) is 14.7 Å². The summed E-state index contributed by atoms with van der Waals surface area (Å²) in [5.41, 5.74) is 2.58. The highest BCUT2D eigenvalue weighted by Gasteiger charge is 2.17. The van der Waals surface area contributed by atoms with Crippen molar-refractivity contribution in [3.63, 3.8) is 0 Å². The van der Waals surface area contributed by atoms with Gasteiger partial charge in [0.1, 0.15) is 21.2 Å². The van der Waals surface area contributed by atoms with Crippen LogP contribution in [0.2, 0.25) is 0 Å². The number of aliphatic hydroxyl groups excluding tert-OH is 1. The van der Waals surface area contributed by atoms with E-state index < -0.39 is 28.0 Å². The van der Waals surface area contributed by atoms with E-state index in [0.717, 1.165) is 11.3 Å². The molecule has 0 spiro atoms. The second-order valence-corrected chi connectivity index (χ2v) is 10.7. The summed E-state index contributed by atoms with van der Waals surface area (Å²) >= 11 is 0. The highest BCUT2D eigenvalue weighted by Crippen LogP contribution is 2.31. The summed E-state index contributed by atoms with van der Waals surface area (Å²) in [7, 11) is -0.0902. The van der Waals surface area contributed by atoms with E-state index in [1.54, 1.807) is 50.6 Å². The van der Waals surface area contributed by atoms with Crippen LogP contribution in [-0.4, -0.2) is 46.2 Å². The maximum Gasteiger partial charge on any atom is 0.243 e. The van der Waals surface area contributed by atoms with Gasteiger partial charge in [-0.15, -0.1) is 0 Å². The van der Waals surface area contributed by atoms with E-state index in [-0.39, 0.29) is 12.4 Å². The number of anilines is 2. The van der Waals surface area contributed by atoms with Crippen molar-refractivity contribution in [1.29, 1.82) is 0 Å². The quantitative estimate of drug-likeness (QED) is 0.243. The first-order chi connectivity index (χ1) is 18.2. The van der Waals surface area contributed by atoms with Gasteiger partial charge in [-0.25, -0.2) is 13.3 Å². The molecule has 0 saturated carbocycles. The van der Waals surface area contributed by atoms with Gasteiger partial charge in [-0.2, -0.15) is 9.37 Å². The molecule has 4 aromatic rings. The standard InChI is InChI=1S/C27H30FN5O4S/c1-17(34)16-30-38(35,33-18(2)19-5-9-21(36-3)10-6-19)22-11-7-20(8-12-22)31-24-13-14-29-26-23(24)15-25(28)32-27(26)37-4/h5-15,17-18,34H,16H2,1-4H3,(H,29,31)(H,30,33,35)/t17-,18-,38+/m1/s1. The minimum atomic E-state index is -3.09. The zero-order valence-electron chi connectivity index (χ0n) is 21.5. The van der Waals surface area contributed by atoms with E-state index >= 15 is 0 Å². The number of aliphatic hydroxyl groups is 1. The first kappa shape index (κ1) is 27.2. The molecule has 0 aliphatic carbocycles. The number of nitrogens with one attached hydrogen (secondary N) is 2. The van der Waals surface area contributed by atoms with Crippen LogP contribution < -0.4 is 19.5 Å². The van der Waals surface area contributed by atoms with Gasteiger partial charge in [-0.1, -0.05) is 12.1 Å². The zero-order chi connectivity index (χ0) is 27.3. The summed E-state index contributed by atoms with van der Waals surface area (Å²) in [5.74, 6) is 0.129. The Bertz CT molecular complexity index is 1520. The van der Waals surface area contributed by atoms with E-state index in [4.69, 9.17) is 9.47 Å². The molecule has 2 aromatic heterocycles. The maximum absolute atomic E-state index is 14.1. The molecule has 3 N–H and O–H groups in total. The first-order valence-electron chi connectivity index (χ1n) is 11.9. The molecule has 9 nitrogen and oxygen atoms in total. The fourth-order valence-corrected chi connectivity index (χ4v) is 5.70. The van der Waals surface area contributed by atoms with Gasteiger partial charge in [0.15, 0.2) is 0 Å². The number of benzene rings is 2. The molecular formula is C27H30FN5O4S. The van der Waals surface area contributed by atoms with Crippen LogP contribution >= 0.6 is 0 Å². The lowest BCUT2D eigenvalue weighted by molar-refractivity contribution is 0.199. The molecule has 2 aromatic carbocycles. The Morgan fingerprint density at radius 3 is 2.39 bits per heavy atom. The Kier molecular flexibility index (Phi) is 8.40. The van der Waals surface area contributed by atoms with Crippen LogP contribution in [0.25, 0.3) is 10.9 Å². The van der Waals surface area contributed by atoms with E-state index in [1.165, 1.54) is 13.2 Å². The molecule has 11 heteroatoms. The number of hydrogen-bond donors (Lipinski definition) is 3. The van der Waals surface area contributed by atoms with Crippen molar-refractivity contribution in [2.24, 2.45) is 4.36 Å². The highest BCUT2D eigenvalue weighted by molar-refractivity contribution is 7.91. The molecule has 0 saturated heterocycles. The SMILES string of the molecule is COc1ccc([C@@H](C)N=[S@@](=O)(NC[C@@H](C)O)c2ccc(Nc3ccnc4c(OC)nc(F)cc34)cc2)cc1. The normalized spacial score (nSPS) is 14.4. The maximum atomic E-state index is 14.1. The van der Waals surface area contributed by atoms with Crippen LogP contribution in [0.5, 0.6) is 11.6 Å². The van der Waals surface area contributed by atoms with Gasteiger partial charge in [0.05, 0.1) is 31.3 Å². The monoisotopic (exact) mass is 539 g/mol. The average molecular weight is 540 g/mol. The third-order valence-electron chi connectivity index (χ3n) is 5.79. The smallest absolute Gasteiger partial charge is 0.243 e. The van der Waals surface area contributed by atoms with Gasteiger partial charge in [0.2, 0.25) is 11.8 Å². The Hall–Kier alpha value is -3.80. The molecule has 3 atom stereocenters. The van der Waals surface area contributed by atoms with E-state index in [9.17, 15) is 13.7 Å². The minimum absolute atomic E-state index is 0.0931. The van der Waals surface area contributed by atoms with Crippen molar-refractivity contribution < 1.29 is 23.2 Å². The van der Waals surface area contributed by atoms with Crippen LogP contribution in [0.15, 0.2) is 76.1 Å². The second-order valence-electron chi connectivity index (χ2n) is 8.64. The minimum Gasteiger partial charge on any atom is -0.497 e. The Morgan fingerprint density at radius 1 is 1.05 bits per heavy atom. The number of fused-ring (bicyclic) bond motifs is 1. The third-order valence-corrected chi connectivity index (χ3v) is 7.87. The number of hydrogen-bond acceptors (Lipinski definition) is 8. The molecule has 200 valence electrons. The molecule has 0 bridgehead atoms. The number of methoxy groups -OCH3 is 2. The topological polar surface area (TPSA) is 118 Å². The molecule has 0 radical (unpaired) electrons. The number of aromatic nitrogens is 2. The molecular weight excluding hydrogens is 509 g/mol. The Balaban J connectivity index is 1.65. The summed E-state index contributed by atoms with van der Waals surface area (Å²) < 4.78 is 46.1. The molecule has 0 unspecified atom stereocenters. The van der Waals surface area contributed by atoms with Crippen molar-refractivity contribution in [2.75, 3.05) is 26.1 Å². The predicted octanol–water partition coefficient (Wildman–Crippen LogP) is 5.00. The third kappa shape index (κ3) is 6.18. The number of pyridine rings is 2. The lowest BCUT2D eigenvalue weighted by Gasteiger charge is -2.17. The molecule has 38 heavy (non-hydrogen) atoms. The van der Waals surface area contributed by atoms with Gasteiger partial charge >= 0.3 is 0 Å². The molecule has 4 rings (SSSR count). The second kappa shape index (κ2) is 11.7. The van der Waals surface area contributed by atoms with Gasteiger partial charge in [-0.05, 0) is 61.9 Å². The summed E-state index contributed by atoms with van der Waals surface area (Å²) in [5, 5.41) is 13.6. The molecule has 0 aliphatic rings. The summed E-state index contributed by atoms with van der Waals surface area (Å²) in [6, 6.07) is 16.9. The van der Waals surface area contributed by atoms with E-state index in [1.807, 2.05) is 31.2 Å². The Morgan fingerprint density at radius 2 is 1.76 bits per heavy atom. The van der Waals surface area contributed by atoms with Crippen LogP contribution in [-0.2, 0) is 9.92 Å². The van der Waals surface area contributed by atoms with Crippen molar-refractivity contribution >= 4 is 32.2 Å². The number of nitrogens with zero attached hydrogens (tertiary/aromatic N) is 3. The molecule has 2 heterocycles. The van der Waals surface area contributed by atoms with Gasteiger partial charge in [0.25, 0.3) is 0 Å². The summed E-state index contributed by atoms with van der Waals surface area (Å²) in [6.45, 7) is 3.57. The lowest BCUT2D eigenvalue weighted by atomic mass is 10.1. The van der Waals surface area contributed by atoms with Crippen LogP contribution in [0, 0.1) is 5.95 Å². The Labute approximate surface area is 221 Å². The van der Waals surface area contributed by atoms with Gasteiger partial charge < -0.3 is 19.9 Å². The first-order valence-corrected chi connectivity index (χ1v) is 13.4. The average Bonchev–Trinajstić information content (AvgIpc) is 2.92. The van der Waals surface area contributed by atoms with Crippen LogP contribution in [0.4, 0.5) is 15.8 Å². The number of halogens is 1. The van der Waals surface area contributed by atoms with Crippen molar-refractivity contribution in [3.8, 4) is 11.6 Å².